The standard InChI is InChI=1S/C18H22FN3O4/c1-10(2)9-26-22-8-13(18(24)25)17(23)12-5-14(19)16(6-15(12)22)21-4-3-11(20)7-21/h5-6,8,10-11H,3-4,7,9,20H2,1-2H3,(H,24,25). The number of benzene rings is 1. The van der Waals surface area contributed by atoms with Crippen molar-refractivity contribution in [3.63, 3.8) is 0 Å². The van der Waals surface area contributed by atoms with Gasteiger partial charge in [-0.1, -0.05) is 13.8 Å². The van der Waals surface area contributed by atoms with E-state index >= 15 is 0 Å². The minimum absolute atomic E-state index is 0.0288. The number of carboxylic acids is 1. The average Bonchev–Trinajstić information content (AvgIpc) is 3.00. The van der Waals surface area contributed by atoms with Gasteiger partial charge in [0.25, 0.3) is 0 Å². The fourth-order valence-electron chi connectivity index (χ4n) is 3.04. The molecule has 7 nitrogen and oxygen atoms in total. The van der Waals surface area contributed by atoms with Crippen molar-refractivity contribution >= 4 is 22.6 Å². The van der Waals surface area contributed by atoms with Crippen LogP contribution in [0.1, 0.15) is 30.6 Å². The third kappa shape index (κ3) is 3.37. The van der Waals surface area contributed by atoms with E-state index in [1.165, 1.54) is 10.8 Å². The molecule has 3 rings (SSSR count). The van der Waals surface area contributed by atoms with Crippen molar-refractivity contribution in [1.82, 2.24) is 4.73 Å². The van der Waals surface area contributed by atoms with Crippen molar-refractivity contribution < 1.29 is 19.1 Å². The summed E-state index contributed by atoms with van der Waals surface area (Å²) >= 11 is 0. The molecule has 1 aliphatic heterocycles. The maximum Gasteiger partial charge on any atom is 0.341 e. The summed E-state index contributed by atoms with van der Waals surface area (Å²) in [5, 5.41) is 9.24. The van der Waals surface area contributed by atoms with Crippen LogP contribution in [-0.4, -0.2) is 41.5 Å². The number of carboxylic acid groups (broad SMARTS) is 1. The van der Waals surface area contributed by atoms with Crippen molar-refractivity contribution in [2.45, 2.75) is 26.3 Å². The first kappa shape index (κ1) is 18.2. The highest BCUT2D eigenvalue weighted by molar-refractivity contribution is 5.93. The molecule has 1 aromatic carbocycles. The summed E-state index contributed by atoms with van der Waals surface area (Å²) in [6.45, 7) is 5.35. The lowest BCUT2D eigenvalue weighted by atomic mass is 10.1. The molecule has 140 valence electrons. The van der Waals surface area contributed by atoms with E-state index in [4.69, 9.17) is 10.6 Å². The zero-order valence-corrected chi connectivity index (χ0v) is 14.7. The quantitative estimate of drug-likeness (QED) is 0.835. The number of hydrogen-bond donors (Lipinski definition) is 2. The molecule has 1 aliphatic rings. The number of fused-ring (bicyclic) bond motifs is 1. The van der Waals surface area contributed by atoms with Crippen LogP contribution in [0.25, 0.3) is 10.9 Å². The Morgan fingerprint density at radius 2 is 2.19 bits per heavy atom. The lowest BCUT2D eigenvalue weighted by Crippen LogP contribution is -2.28. The van der Waals surface area contributed by atoms with Gasteiger partial charge in [-0.3, -0.25) is 4.79 Å². The summed E-state index contributed by atoms with van der Waals surface area (Å²) in [5.41, 5.74) is 5.37. The van der Waals surface area contributed by atoms with Crippen LogP contribution in [0.3, 0.4) is 0 Å². The lowest BCUT2D eigenvalue weighted by molar-refractivity contribution is 0.0681. The van der Waals surface area contributed by atoms with Crippen LogP contribution in [0.5, 0.6) is 0 Å². The van der Waals surface area contributed by atoms with Gasteiger partial charge in [-0.25, -0.2) is 9.18 Å². The van der Waals surface area contributed by atoms with Crippen LogP contribution in [0.15, 0.2) is 23.1 Å². The van der Waals surface area contributed by atoms with Crippen molar-refractivity contribution in [1.29, 1.82) is 0 Å². The summed E-state index contributed by atoms with van der Waals surface area (Å²) in [7, 11) is 0. The monoisotopic (exact) mass is 363 g/mol. The molecular weight excluding hydrogens is 341 g/mol. The molecule has 1 fully saturated rings. The van der Waals surface area contributed by atoms with Gasteiger partial charge in [0, 0.05) is 19.1 Å². The highest BCUT2D eigenvalue weighted by atomic mass is 19.1. The van der Waals surface area contributed by atoms with Gasteiger partial charge in [0.05, 0.1) is 22.8 Å². The first-order valence-corrected chi connectivity index (χ1v) is 8.54. The molecule has 1 atom stereocenters. The van der Waals surface area contributed by atoms with Gasteiger partial charge in [-0.2, -0.15) is 4.73 Å². The third-order valence-corrected chi connectivity index (χ3v) is 4.38. The number of nitrogens with zero attached hydrogens (tertiary/aromatic N) is 2. The van der Waals surface area contributed by atoms with Crippen LogP contribution in [0, 0.1) is 11.7 Å². The molecule has 2 aromatic rings. The fraction of sp³-hybridized carbons (Fsp3) is 0.444. The highest BCUT2D eigenvalue weighted by Crippen LogP contribution is 2.27. The molecule has 0 bridgehead atoms. The minimum atomic E-state index is -1.38. The number of aromatic carboxylic acids is 1. The van der Waals surface area contributed by atoms with E-state index in [1.807, 2.05) is 18.7 Å². The van der Waals surface area contributed by atoms with E-state index in [-0.39, 0.29) is 17.3 Å². The van der Waals surface area contributed by atoms with Gasteiger partial charge in [-0.15, -0.1) is 0 Å². The summed E-state index contributed by atoms with van der Waals surface area (Å²) in [6.07, 6.45) is 1.90. The van der Waals surface area contributed by atoms with E-state index < -0.39 is 22.8 Å². The summed E-state index contributed by atoms with van der Waals surface area (Å²) in [4.78, 5) is 31.3. The highest BCUT2D eigenvalue weighted by Gasteiger charge is 2.24. The number of carbonyl (C=O) groups is 1. The number of aromatic nitrogens is 1. The number of rotatable bonds is 5. The summed E-state index contributed by atoms with van der Waals surface area (Å²) in [5.74, 6) is -1.77. The van der Waals surface area contributed by atoms with Crippen LogP contribution in [0.2, 0.25) is 0 Å². The number of hydrogen-bond acceptors (Lipinski definition) is 5. The second-order valence-corrected chi connectivity index (χ2v) is 7.01. The predicted octanol–water partition coefficient (Wildman–Crippen LogP) is 1.46. The van der Waals surface area contributed by atoms with Crippen LogP contribution >= 0.6 is 0 Å². The van der Waals surface area contributed by atoms with Crippen molar-refractivity contribution in [3.8, 4) is 0 Å². The van der Waals surface area contributed by atoms with Crippen LogP contribution in [-0.2, 0) is 0 Å². The van der Waals surface area contributed by atoms with Crippen LogP contribution < -0.4 is 20.9 Å². The Labute approximate surface area is 149 Å². The molecule has 1 saturated heterocycles. The fourth-order valence-corrected chi connectivity index (χ4v) is 3.04. The van der Waals surface area contributed by atoms with Gasteiger partial charge in [-0.05, 0) is 24.5 Å². The van der Waals surface area contributed by atoms with E-state index in [9.17, 15) is 19.1 Å². The predicted molar refractivity (Wildman–Crippen MR) is 96.2 cm³/mol. The van der Waals surface area contributed by atoms with Gasteiger partial charge in [0.15, 0.2) is 0 Å². The summed E-state index contributed by atoms with van der Waals surface area (Å²) in [6, 6.07) is 2.58. The maximum absolute atomic E-state index is 14.6. The van der Waals surface area contributed by atoms with E-state index in [0.29, 0.717) is 30.9 Å². The van der Waals surface area contributed by atoms with Gasteiger partial charge in [0.2, 0.25) is 5.43 Å². The molecule has 0 amide bonds. The number of nitrogens with two attached hydrogens (primary N) is 1. The SMILES string of the molecule is CC(C)COn1cc(C(=O)O)c(=O)c2cc(F)c(N3CCC(N)C3)cc21. The minimum Gasteiger partial charge on any atom is -0.477 e. The molecule has 0 saturated carbocycles. The van der Waals surface area contributed by atoms with E-state index in [1.54, 1.807) is 0 Å². The molecule has 26 heavy (non-hydrogen) atoms. The first-order valence-electron chi connectivity index (χ1n) is 8.54. The molecule has 3 N–H and O–H groups in total. The zero-order valence-electron chi connectivity index (χ0n) is 14.7. The third-order valence-electron chi connectivity index (χ3n) is 4.38. The molecular formula is C18H22FN3O4. The van der Waals surface area contributed by atoms with Crippen molar-refractivity contribution in [2.75, 3.05) is 24.6 Å². The Bertz CT molecular complexity index is 909. The molecule has 0 spiro atoms. The zero-order chi connectivity index (χ0) is 19.0. The van der Waals surface area contributed by atoms with Gasteiger partial charge >= 0.3 is 5.97 Å². The molecule has 0 radical (unpaired) electrons. The van der Waals surface area contributed by atoms with Crippen molar-refractivity contribution in [3.05, 3.63) is 39.9 Å². The lowest BCUT2D eigenvalue weighted by Gasteiger charge is -2.21. The maximum atomic E-state index is 14.6. The molecule has 8 heteroatoms. The largest absolute Gasteiger partial charge is 0.477 e. The topological polar surface area (TPSA) is 97.8 Å². The van der Waals surface area contributed by atoms with Gasteiger partial charge < -0.3 is 20.6 Å². The Balaban J connectivity index is 2.19. The normalized spacial score (nSPS) is 17.3. The Morgan fingerprint density at radius 1 is 1.46 bits per heavy atom. The van der Waals surface area contributed by atoms with Gasteiger partial charge in [0.1, 0.15) is 18.0 Å². The van der Waals surface area contributed by atoms with E-state index in [0.717, 1.165) is 18.7 Å². The summed E-state index contributed by atoms with van der Waals surface area (Å²) < 4.78 is 15.9. The Hall–Kier alpha value is -2.61. The second kappa shape index (κ2) is 6.95. The Morgan fingerprint density at radius 3 is 2.77 bits per heavy atom. The number of anilines is 1. The molecule has 2 heterocycles. The molecule has 1 aromatic heterocycles. The smallest absolute Gasteiger partial charge is 0.341 e. The molecule has 0 aliphatic carbocycles. The van der Waals surface area contributed by atoms with Crippen molar-refractivity contribution in [2.24, 2.45) is 11.7 Å². The van der Waals surface area contributed by atoms with Crippen LogP contribution in [0.4, 0.5) is 10.1 Å². The molecule has 1 unspecified atom stereocenters. The number of pyridine rings is 1. The average molecular weight is 363 g/mol. The van der Waals surface area contributed by atoms with E-state index in [2.05, 4.69) is 0 Å². The second-order valence-electron chi connectivity index (χ2n) is 7.01. The number of halogens is 1. The first-order chi connectivity index (χ1) is 12.3. The Kier molecular flexibility index (Phi) is 4.86.